The van der Waals surface area contributed by atoms with Gasteiger partial charge in [-0.05, 0) is 23.3 Å². The Morgan fingerprint density at radius 2 is 1.63 bits per heavy atom. The summed E-state index contributed by atoms with van der Waals surface area (Å²) in [5.41, 5.74) is 2.77. The van der Waals surface area contributed by atoms with Gasteiger partial charge in [0, 0.05) is 37.8 Å². The van der Waals surface area contributed by atoms with Crippen LogP contribution in [0.5, 0.6) is 0 Å². The smallest absolute Gasteiger partial charge is 0.272 e. The second-order valence-electron chi connectivity index (χ2n) is 8.23. The van der Waals surface area contributed by atoms with Crippen LogP contribution in [0.2, 0.25) is 0 Å². The Morgan fingerprint density at radius 3 is 2.27 bits per heavy atom. The molecule has 2 aromatic carbocycles. The molecule has 0 unspecified atom stereocenters. The summed E-state index contributed by atoms with van der Waals surface area (Å²) in [7, 11) is 0. The van der Waals surface area contributed by atoms with Crippen LogP contribution in [-0.2, 0) is 6.54 Å². The number of likely N-dealkylation sites (tertiary alicyclic amines) is 2. The van der Waals surface area contributed by atoms with Gasteiger partial charge in [0.25, 0.3) is 5.91 Å². The van der Waals surface area contributed by atoms with Crippen LogP contribution in [0.15, 0.2) is 85.1 Å². The molecule has 2 aliphatic heterocycles. The average molecular weight is 399 g/mol. The van der Waals surface area contributed by atoms with Gasteiger partial charge in [-0.2, -0.15) is 0 Å². The molecular formula is C25H25N3O2. The third-order valence-corrected chi connectivity index (χ3v) is 6.58. The number of nitrogens with zero attached hydrogens (tertiary/aromatic N) is 3. The first kappa shape index (κ1) is 19.0. The zero-order valence-corrected chi connectivity index (χ0v) is 16.8. The number of aromatic nitrogens is 1. The van der Waals surface area contributed by atoms with Crippen molar-refractivity contribution in [2.75, 3.05) is 19.7 Å². The molecule has 2 saturated heterocycles. The molecule has 2 atom stereocenters. The Kier molecular flexibility index (Phi) is 4.85. The summed E-state index contributed by atoms with van der Waals surface area (Å²) in [5.74, 6) is 0.167. The van der Waals surface area contributed by atoms with E-state index in [9.17, 15) is 9.90 Å². The molecule has 2 aliphatic rings. The second kappa shape index (κ2) is 7.67. The van der Waals surface area contributed by atoms with E-state index < -0.39 is 0 Å². The molecule has 1 N–H and O–H groups in total. The van der Waals surface area contributed by atoms with E-state index in [1.54, 1.807) is 12.3 Å². The first-order chi connectivity index (χ1) is 14.7. The van der Waals surface area contributed by atoms with Crippen LogP contribution < -0.4 is 0 Å². The van der Waals surface area contributed by atoms with Gasteiger partial charge in [-0.25, -0.2) is 0 Å². The molecule has 1 aromatic heterocycles. The van der Waals surface area contributed by atoms with Crippen LogP contribution in [0.3, 0.4) is 0 Å². The van der Waals surface area contributed by atoms with Gasteiger partial charge in [-0.15, -0.1) is 0 Å². The van der Waals surface area contributed by atoms with Crippen LogP contribution in [0, 0.1) is 0 Å². The molecule has 0 aliphatic carbocycles. The molecule has 152 valence electrons. The first-order valence-corrected chi connectivity index (χ1v) is 10.4. The van der Waals surface area contributed by atoms with Gasteiger partial charge in [0.05, 0.1) is 12.1 Å². The Balaban J connectivity index is 1.43. The highest BCUT2D eigenvalue weighted by Crippen LogP contribution is 2.54. The molecule has 0 radical (unpaired) electrons. The average Bonchev–Trinajstić information content (AvgIpc) is 2.77. The SMILES string of the molecule is O=C(c1ccccn1)N1CC2(C1)[C@H](c1ccccc1)[C@@H](CO)N2Cc1ccccc1. The number of benzene rings is 2. The van der Waals surface area contributed by atoms with Crippen LogP contribution in [0.25, 0.3) is 0 Å². The molecule has 1 spiro atoms. The number of hydrogen-bond acceptors (Lipinski definition) is 4. The summed E-state index contributed by atoms with van der Waals surface area (Å²) in [6.45, 7) is 2.15. The Labute approximate surface area is 176 Å². The van der Waals surface area contributed by atoms with Gasteiger partial charge in [-0.1, -0.05) is 66.7 Å². The summed E-state index contributed by atoms with van der Waals surface area (Å²) in [4.78, 5) is 21.4. The molecule has 5 nitrogen and oxygen atoms in total. The van der Waals surface area contributed by atoms with Crippen molar-refractivity contribution in [1.82, 2.24) is 14.8 Å². The maximum absolute atomic E-state index is 12.9. The Hall–Kier alpha value is -3.02. The number of carbonyl (C=O) groups is 1. The number of carbonyl (C=O) groups excluding carboxylic acids is 1. The van der Waals surface area contributed by atoms with Gasteiger partial charge in [-0.3, -0.25) is 14.7 Å². The molecular weight excluding hydrogens is 374 g/mol. The molecule has 5 heteroatoms. The number of rotatable bonds is 5. The first-order valence-electron chi connectivity index (χ1n) is 10.4. The summed E-state index contributed by atoms with van der Waals surface area (Å²) < 4.78 is 0. The maximum atomic E-state index is 12.9. The summed E-state index contributed by atoms with van der Waals surface area (Å²) in [5, 5.41) is 10.2. The Bertz CT molecular complexity index is 1000. The molecule has 30 heavy (non-hydrogen) atoms. The van der Waals surface area contributed by atoms with Gasteiger partial charge in [0.1, 0.15) is 5.69 Å². The lowest BCUT2D eigenvalue weighted by Gasteiger charge is -2.70. The zero-order chi connectivity index (χ0) is 20.6. The van der Waals surface area contributed by atoms with E-state index in [0.29, 0.717) is 18.8 Å². The highest BCUT2D eigenvalue weighted by molar-refractivity contribution is 5.93. The number of aliphatic hydroxyl groups excluding tert-OH is 1. The van der Waals surface area contributed by atoms with E-state index in [1.807, 2.05) is 53.4 Å². The largest absolute Gasteiger partial charge is 0.395 e. The lowest BCUT2D eigenvalue weighted by atomic mass is 9.60. The lowest BCUT2D eigenvalue weighted by Crippen LogP contribution is -2.84. The van der Waals surface area contributed by atoms with Crippen molar-refractivity contribution in [3.8, 4) is 0 Å². The van der Waals surface area contributed by atoms with Crippen molar-refractivity contribution in [1.29, 1.82) is 0 Å². The molecule has 3 heterocycles. The van der Waals surface area contributed by atoms with Crippen molar-refractivity contribution in [2.45, 2.75) is 24.0 Å². The predicted octanol–water partition coefficient (Wildman–Crippen LogP) is 2.94. The van der Waals surface area contributed by atoms with Gasteiger partial charge >= 0.3 is 0 Å². The van der Waals surface area contributed by atoms with E-state index >= 15 is 0 Å². The van der Waals surface area contributed by atoms with E-state index in [0.717, 1.165) is 6.54 Å². The molecule has 0 bridgehead atoms. The van der Waals surface area contributed by atoms with Gasteiger partial charge in [0.2, 0.25) is 0 Å². The monoisotopic (exact) mass is 399 g/mol. The Morgan fingerprint density at radius 1 is 0.967 bits per heavy atom. The zero-order valence-electron chi connectivity index (χ0n) is 16.8. The number of amides is 1. The lowest BCUT2D eigenvalue weighted by molar-refractivity contribution is -0.184. The molecule has 2 fully saturated rings. The van der Waals surface area contributed by atoms with Gasteiger partial charge < -0.3 is 10.0 Å². The maximum Gasteiger partial charge on any atom is 0.272 e. The summed E-state index contributed by atoms with van der Waals surface area (Å²) >= 11 is 0. The van der Waals surface area contributed by atoms with E-state index in [-0.39, 0.29) is 30.0 Å². The fourth-order valence-electron chi connectivity index (χ4n) is 5.20. The third-order valence-electron chi connectivity index (χ3n) is 6.58. The van der Waals surface area contributed by atoms with Crippen molar-refractivity contribution in [3.05, 3.63) is 102 Å². The highest BCUT2D eigenvalue weighted by Gasteiger charge is 2.66. The molecule has 0 saturated carbocycles. The van der Waals surface area contributed by atoms with Crippen molar-refractivity contribution in [2.24, 2.45) is 0 Å². The quantitative estimate of drug-likeness (QED) is 0.717. The molecule has 3 aromatic rings. The summed E-state index contributed by atoms with van der Waals surface area (Å²) in [6.07, 6.45) is 1.66. The van der Waals surface area contributed by atoms with Crippen molar-refractivity contribution < 1.29 is 9.90 Å². The van der Waals surface area contributed by atoms with Crippen molar-refractivity contribution in [3.63, 3.8) is 0 Å². The second-order valence-corrected chi connectivity index (χ2v) is 8.23. The van der Waals surface area contributed by atoms with E-state index in [4.69, 9.17) is 0 Å². The van der Waals surface area contributed by atoms with Crippen molar-refractivity contribution >= 4 is 5.91 Å². The normalized spacial score (nSPS) is 22.4. The van der Waals surface area contributed by atoms with E-state index in [1.165, 1.54) is 11.1 Å². The highest BCUT2D eigenvalue weighted by atomic mass is 16.3. The fraction of sp³-hybridized carbons (Fsp3) is 0.280. The third kappa shape index (κ3) is 3.02. The predicted molar refractivity (Wildman–Crippen MR) is 115 cm³/mol. The minimum absolute atomic E-state index is 0.0276. The van der Waals surface area contributed by atoms with Crippen LogP contribution in [-0.4, -0.2) is 57.1 Å². The van der Waals surface area contributed by atoms with E-state index in [2.05, 4.69) is 34.1 Å². The topological polar surface area (TPSA) is 56.7 Å². The summed E-state index contributed by atoms with van der Waals surface area (Å²) in [6, 6.07) is 26.2. The molecule has 1 amide bonds. The number of hydrogen-bond donors (Lipinski definition) is 1. The number of aliphatic hydroxyl groups is 1. The molecule has 5 rings (SSSR count). The van der Waals surface area contributed by atoms with Crippen LogP contribution in [0.1, 0.15) is 27.5 Å². The van der Waals surface area contributed by atoms with Crippen LogP contribution >= 0.6 is 0 Å². The fourth-order valence-corrected chi connectivity index (χ4v) is 5.20. The minimum Gasteiger partial charge on any atom is -0.395 e. The van der Waals surface area contributed by atoms with Crippen LogP contribution in [0.4, 0.5) is 0 Å². The number of pyridine rings is 1. The minimum atomic E-state index is -0.158. The van der Waals surface area contributed by atoms with Gasteiger partial charge in [0.15, 0.2) is 0 Å². The standard InChI is InChI=1S/C25H25N3O2/c29-16-22-23(20-11-5-2-6-12-20)25(28(22)15-19-9-3-1-4-10-19)17-27(18-25)24(30)21-13-7-8-14-26-21/h1-14,22-23,29H,15-18H2/t22-,23-/m1/s1.